The maximum atomic E-state index is 12.6. The fraction of sp³-hybridized carbons (Fsp3) is 0.400. The molecule has 0 bridgehead atoms. The Balaban J connectivity index is 1.16. The van der Waals surface area contributed by atoms with E-state index in [9.17, 15) is 4.79 Å². The summed E-state index contributed by atoms with van der Waals surface area (Å²) in [7, 11) is 1.86. The van der Waals surface area contributed by atoms with Crippen LogP contribution in [0.4, 0.5) is 5.82 Å². The summed E-state index contributed by atoms with van der Waals surface area (Å²) in [4.78, 5) is 14.8. The predicted molar refractivity (Wildman–Crippen MR) is 103 cm³/mol. The lowest BCUT2D eigenvalue weighted by atomic mass is 10.00. The summed E-state index contributed by atoms with van der Waals surface area (Å²) in [6, 6.07) is 12.0. The van der Waals surface area contributed by atoms with Gasteiger partial charge in [0.1, 0.15) is 0 Å². The third kappa shape index (κ3) is 3.03. The summed E-state index contributed by atoms with van der Waals surface area (Å²) < 4.78 is 1.75. The molecular formula is C20H22N6O. The molecule has 0 spiro atoms. The molecule has 1 aliphatic carbocycles. The van der Waals surface area contributed by atoms with Crippen LogP contribution in [-0.2, 0) is 7.05 Å². The van der Waals surface area contributed by atoms with Gasteiger partial charge in [-0.1, -0.05) is 18.2 Å². The second-order valence-corrected chi connectivity index (χ2v) is 7.56. The Hall–Kier alpha value is -2.96. The lowest BCUT2D eigenvalue weighted by Crippen LogP contribution is -2.52. The van der Waals surface area contributed by atoms with E-state index in [1.807, 2.05) is 31.3 Å². The topological polar surface area (TPSA) is 75.9 Å². The van der Waals surface area contributed by atoms with Gasteiger partial charge < -0.3 is 10.2 Å². The normalized spacial score (nSPS) is 17.1. The summed E-state index contributed by atoms with van der Waals surface area (Å²) in [5.41, 5.74) is 2.57. The van der Waals surface area contributed by atoms with Gasteiger partial charge in [0.2, 0.25) is 0 Å². The Labute approximate surface area is 157 Å². The minimum Gasteiger partial charge on any atom is -0.354 e. The maximum Gasteiger partial charge on any atom is 0.272 e. The van der Waals surface area contributed by atoms with Gasteiger partial charge in [-0.2, -0.15) is 10.2 Å². The van der Waals surface area contributed by atoms with Crippen molar-refractivity contribution in [3.8, 4) is 0 Å². The lowest BCUT2D eigenvalue weighted by Gasteiger charge is -2.39. The average Bonchev–Trinajstić information content (AvgIpc) is 3.45. The van der Waals surface area contributed by atoms with E-state index in [-0.39, 0.29) is 5.91 Å². The summed E-state index contributed by atoms with van der Waals surface area (Å²) in [5.74, 6) is 1.87. The molecule has 1 amide bonds. The van der Waals surface area contributed by atoms with Gasteiger partial charge >= 0.3 is 0 Å². The molecule has 1 saturated heterocycles. The van der Waals surface area contributed by atoms with Crippen LogP contribution in [0, 0.1) is 5.92 Å². The summed E-state index contributed by atoms with van der Waals surface area (Å²) >= 11 is 0. The van der Waals surface area contributed by atoms with Gasteiger partial charge in [-0.3, -0.25) is 9.48 Å². The molecule has 7 heteroatoms. The monoisotopic (exact) mass is 362 g/mol. The van der Waals surface area contributed by atoms with Gasteiger partial charge in [-0.05, 0) is 31.0 Å². The molecule has 2 aromatic heterocycles. The van der Waals surface area contributed by atoms with Crippen molar-refractivity contribution in [3.63, 3.8) is 0 Å². The van der Waals surface area contributed by atoms with Crippen LogP contribution in [0.3, 0.4) is 0 Å². The second-order valence-electron chi connectivity index (χ2n) is 7.56. The molecule has 3 heterocycles. The van der Waals surface area contributed by atoms with E-state index in [2.05, 4.69) is 37.6 Å². The molecule has 1 aromatic carbocycles. The Morgan fingerprint density at radius 3 is 2.70 bits per heavy atom. The number of carbonyl (C=O) groups is 1. The third-order valence-corrected chi connectivity index (χ3v) is 5.47. The first kappa shape index (κ1) is 16.2. The first-order valence-electron chi connectivity index (χ1n) is 9.47. The summed E-state index contributed by atoms with van der Waals surface area (Å²) in [5, 5.41) is 17.0. The van der Waals surface area contributed by atoms with Crippen molar-refractivity contribution in [2.45, 2.75) is 18.8 Å². The van der Waals surface area contributed by atoms with Crippen molar-refractivity contribution in [1.29, 1.82) is 0 Å². The van der Waals surface area contributed by atoms with E-state index in [1.54, 1.807) is 4.68 Å². The van der Waals surface area contributed by atoms with Gasteiger partial charge in [0.05, 0.1) is 11.2 Å². The molecular weight excluding hydrogens is 340 g/mol. The maximum absolute atomic E-state index is 12.6. The number of aryl methyl sites for hydroxylation is 1. The zero-order valence-electron chi connectivity index (χ0n) is 15.3. The largest absolute Gasteiger partial charge is 0.354 e. The van der Waals surface area contributed by atoms with Gasteiger partial charge in [0, 0.05) is 43.9 Å². The minimum absolute atomic E-state index is 0.112. The Bertz CT molecular complexity index is 985. The first-order valence-corrected chi connectivity index (χ1v) is 9.47. The molecule has 2 fully saturated rings. The molecule has 0 radical (unpaired) electrons. The van der Waals surface area contributed by atoms with Crippen molar-refractivity contribution in [2.24, 2.45) is 13.0 Å². The van der Waals surface area contributed by atoms with Crippen LogP contribution >= 0.6 is 0 Å². The van der Waals surface area contributed by atoms with E-state index in [0.29, 0.717) is 24.1 Å². The fourth-order valence-electron chi connectivity index (χ4n) is 3.69. The van der Waals surface area contributed by atoms with Crippen LogP contribution in [0.2, 0.25) is 0 Å². The van der Waals surface area contributed by atoms with Crippen molar-refractivity contribution in [2.75, 3.05) is 24.5 Å². The lowest BCUT2D eigenvalue weighted by molar-refractivity contribution is 0.0940. The number of benzene rings is 1. The average molecular weight is 362 g/mol. The Morgan fingerprint density at radius 1 is 1.15 bits per heavy atom. The summed E-state index contributed by atoms with van der Waals surface area (Å²) in [6.45, 7) is 2.43. The quantitative estimate of drug-likeness (QED) is 0.752. The molecule has 138 valence electrons. The van der Waals surface area contributed by atoms with E-state index in [4.69, 9.17) is 0 Å². The first-order chi connectivity index (χ1) is 13.2. The number of para-hydroxylation sites is 1. The van der Waals surface area contributed by atoms with E-state index in [1.165, 1.54) is 12.8 Å². The molecule has 27 heavy (non-hydrogen) atoms. The van der Waals surface area contributed by atoms with Gasteiger partial charge in [-0.15, -0.1) is 5.10 Å². The van der Waals surface area contributed by atoms with Crippen LogP contribution in [0.5, 0.6) is 0 Å². The Kier molecular flexibility index (Phi) is 3.81. The van der Waals surface area contributed by atoms with Crippen LogP contribution in [0.25, 0.3) is 10.9 Å². The van der Waals surface area contributed by atoms with Crippen LogP contribution in [-0.4, -0.2) is 45.5 Å². The minimum atomic E-state index is -0.112. The molecule has 0 unspecified atom stereocenters. The third-order valence-electron chi connectivity index (χ3n) is 5.47. The predicted octanol–water partition coefficient (Wildman–Crippen LogP) is 2.11. The number of carbonyl (C=O) groups excluding carboxylic acids is 1. The van der Waals surface area contributed by atoms with Crippen molar-refractivity contribution in [3.05, 3.63) is 47.8 Å². The summed E-state index contributed by atoms with van der Waals surface area (Å²) in [6.07, 6.45) is 2.48. The molecule has 1 saturated carbocycles. The van der Waals surface area contributed by atoms with Crippen LogP contribution in [0.15, 0.2) is 36.4 Å². The second kappa shape index (κ2) is 6.33. The molecule has 5 rings (SSSR count). The Morgan fingerprint density at radius 2 is 1.96 bits per heavy atom. The molecule has 1 aliphatic heterocycles. The van der Waals surface area contributed by atoms with E-state index >= 15 is 0 Å². The zero-order chi connectivity index (χ0) is 18.4. The number of rotatable bonds is 5. The van der Waals surface area contributed by atoms with Gasteiger partial charge in [-0.25, -0.2) is 0 Å². The highest BCUT2D eigenvalue weighted by Crippen LogP contribution is 2.38. The molecule has 7 nitrogen and oxygen atoms in total. The number of amides is 1. The number of hydrogen-bond acceptors (Lipinski definition) is 5. The van der Waals surface area contributed by atoms with Crippen molar-refractivity contribution >= 4 is 22.6 Å². The molecule has 2 aliphatic rings. The fourth-order valence-corrected chi connectivity index (χ4v) is 3.69. The molecule has 1 N–H and O–H groups in total. The standard InChI is InChI=1S/C20H22N6O/c1-25-17-5-3-2-4-15(17)19(24-25)20(27)21-10-13-11-26(12-13)18-9-8-16(22-23-18)14-6-7-14/h2-5,8-9,13-14H,6-7,10-12H2,1H3,(H,21,27). The molecule has 0 atom stereocenters. The van der Waals surface area contributed by atoms with E-state index in [0.717, 1.165) is 35.5 Å². The highest BCUT2D eigenvalue weighted by atomic mass is 16.1. The smallest absolute Gasteiger partial charge is 0.272 e. The van der Waals surface area contributed by atoms with Crippen LogP contribution < -0.4 is 10.2 Å². The van der Waals surface area contributed by atoms with E-state index < -0.39 is 0 Å². The molecule has 3 aromatic rings. The zero-order valence-corrected chi connectivity index (χ0v) is 15.3. The van der Waals surface area contributed by atoms with Crippen molar-refractivity contribution in [1.82, 2.24) is 25.3 Å². The van der Waals surface area contributed by atoms with Crippen LogP contribution in [0.1, 0.15) is 34.9 Å². The van der Waals surface area contributed by atoms with Gasteiger partial charge in [0.15, 0.2) is 11.5 Å². The number of hydrogen-bond donors (Lipinski definition) is 1. The number of aromatic nitrogens is 4. The number of anilines is 1. The number of nitrogens with one attached hydrogen (secondary N) is 1. The van der Waals surface area contributed by atoms with Crippen molar-refractivity contribution < 1.29 is 4.79 Å². The highest BCUT2D eigenvalue weighted by Gasteiger charge is 2.30. The highest BCUT2D eigenvalue weighted by molar-refractivity contribution is 6.04. The SMILES string of the molecule is Cn1nc(C(=O)NCC2CN(c3ccc(C4CC4)nn3)C2)c2ccccc21. The number of fused-ring (bicyclic) bond motifs is 1. The number of nitrogens with zero attached hydrogens (tertiary/aromatic N) is 5. The van der Waals surface area contributed by atoms with Gasteiger partial charge in [0.25, 0.3) is 5.91 Å².